The number of hydrogen-bond acceptors (Lipinski definition) is 3. The third-order valence-electron chi connectivity index (χ3n) is 3.53. The molecule has 0 heterocycles. The van der Waals surface area contributed by atoms with Crippen molar-refractivity contribution in [1.29, 1.82) is 0 Å². The van der Waals surface area contributed by atoms with Gasteiger partial charge in [-0.3, -0.25) is 4.79 Å². The number of carbonyl (C=O) groups excluding carboxylic acids is 1. The van der Waals surface area contributed by atoms with Gasteiger partial charge in [-0.25, -0.2) is 0 Å². The van der Waals surface area contributed by atoms with Crippen LogP contribution in [0.25, 0.3) is 0 Å². The third-order valence-corrected chi connectivity index (χ3v) is 3.53. The lowest BCUT2D eigenvalue weighted by atomic mass is 9.85. The highest BCUT2D eigenvalue weighted by Crippen LogP contribution is 2.29. The van der Waals surface area contributed by atoms with Crippen LogP contribution in [0.2, 0.25) is 0 Å². The lowest BCUT2D eigenvalue weighted by Gasteiger charge is -2.31. The van der Waals surface area contributed by atoms with Gasteiger partial charge in [-0.2, -0.15) is 0 Å². The maximum Gasteiger partial charge on any atom is 0.236 e. The summed E-state index contributed by atoms with van der Waals surface area (Å²) in [6, 6.07) is -0.362. The van der Waals surface area contributed by atoms with Crippen LogP contribution in [0, 0.1) is 5.92 Å². The molecule has 1 rings (SSSR count). The van der Waals surface area contributed by atoms with Gasteiger partial charge in [-0.1, -0.05) is 26.2 Å². The normalized spacial score (nSPS) is 27.6. The Morgan fingerprint density at radius 1 is 1.50 bits per heavy atom. The fraction of sp³-hybridized carbons (Fsp3) is 0.917. The van der Waals surface area contributed by atoms with E-state index in [0.717, 1.165) is 12.8 Å². The minimum atomic E-state index is -0.362. The first-order valence-corrected chi connectivity index (χ1v) is 6.27. The van der Waals surface area contributed by atoms with Gasteiger partial charge in [-0.15, -0.1) is 0 Å². The zero-order valence-corrected chi connectivity index (χ0v) is 10.4. The van der Waals surface area contributed by atoms with E-state index in [1.165, 1.54) is 19.3 Å². The number of ether oxygens (including phenoxy) is 1. The van der Waals surface area contributed by atoms with Crippen LogP contribution >= 0.6 is 0 Å². The molecule has 0 bridgehead atoms. The summed E-state index contributed by atoms with van der Waals surface area (Å²) in [5.74, 6) is 0.311. The van der Waals surface area contributed by atoms with E-state index in [2.05, 4.69) is 12.2 Å². The SMILES string of the molecule is CCC1CCCCC1OCC(NC)C(N)=O. The van der Waals surface area contributed by atoms with Gasteiger partial charge in [0.05, 0.1) is 12.7 Å². The van der Waals surface area contributed by atoms with E-state index in [4.69, 9.17) is 10.5 Å². The van der Waals surface area contributed by atoms with Crippen LogP contribution in [-0.4, -0.2) is 31.7 Å². The average Bonchev–Trinajstić information content (AvgIpc) is 2.30. The molecule has 1 fully saturated rings. The summed E-state index contributed by atoms with van der Waals surface area (Å²) >= 11 is 0. The molecule has 3 unspecified atom stereocenters. The predicted molar refractivity (Wildman–Crippen MR) is 64.0 cm³/mol. The van der Waals surface area contributed by atoms with E-state index in [1.54, 1.807) is 7.05 Å². The lowest BCUT2D eigenvalue weighted by Crippen LogP contribution is -2.44. The molecule has 3 N–H and O–H groups in total. The first-order chi connectivity index (χ1) is 7.69. The number of hydrogen-bond donors (Lipinski definition) is 2. The number of amides is 1. The molecule has 0 spiro atoms. The summed E-state index contributed by atoms with van der Waals surface area (Å²) in [5, 5.41) is 2.87. The Morgan fingerprint density at radius 2 is 2.19 bits per heavy atom. The Bertz CT molecular complexity index is 221. The molecule has 4 nitrogen and oxygen atoms in total. The summed E-state index contributed by atoms with van der Waals surface area (Å²) in [4.78, 5) is 11.0. The molecule has 3 atom stereocenters. The smallest absolute Gasteiger partial charge is 0.236 e. The zero-order valence-electron chi connectivity index (χ0n) is 10.4. The highest BCUT2D eigenvalue weighted by molar-refractivity contribution is 5.79. The van der Waals surface area contributed by atoms with Crippen LogP contribution in [0.4, 0.5) is 0 Å². The van der Waals surface area contributed by atoms with Crippen LogP contribution in [0.15, 0.2) is 0 Å². The maximum absolute atomic E-state index is 11.0. The molecule has 94 valence electrons. The topological polar surface area (TPSA) is 64.3 Å². The van der Waals surface area contributed by atoms with E-state index in [9.17, 15) is 4.79 Å². The molecule has 1 aliphatic carbocycles. The Balaban J connectivity index is 2.36. The number of nitrogens with one attached hydrogen (secondary N) is 1. The Morgan fingerprint density at radius 3 is 2.75 bits per heavy atom. The molecule has 1 aliphatic rings. The van der Waals surface area contributed by atoms with Crippen molar-refractivity contribution in [2.45, 2.75) is 51.2 Å². The highest BCUT2D eigenvalue weighted by Gasteiger charge is 2.25. The Kier molecular flexibility index (Phi) is 5.77. The summed E-state index contributed by atoms with van der Waals surface area (Å²) in [6.45, 7) is 2.60. The van der Waals surface area contributed by atoms with Crippen molar-refractivity contribution in [3.63, 3.8) is 0 Å². The monoisotopic (exact) mass is 228 g/mol. The van der Waals surface area contributed by atoms with Crippen LogP contribution in [0.3, 0.4) is 0 Å². The summed E-state index contributed by atoms with van der Waals surface area (Å²) in [5.41, 5.74) is 5.25. The molecular weight excluding hydrogens is 204 g/mol. The van der Waals surface area contributed by atoms with E-state index < -0.39 is 0 Å². The van der Waals surface area contributed by atoms with Gasteiger partial charge >= 0.3 is 0 Å². The molecule has 0 aromatic carbocycles. The van der Waals surface area contributed by atoms with Crippen molar-refractivity contribution >= 4 is 5.91 Å². The second-order valence-corrected chi connectivity index (χ2v) is 4.57. The van der Waals surface area contributed by atoms with Gasteiger partial charge in [0.25, 0.3) is 0 Å². The second-order valence-electron chi connectivity index (χ2n) is 4.57. The van der Waals surface area contributed by atoms with Crippen molar-refractivity contribution in [3.8, 4) is 0 Å². The Labute approximate surface area is 97.9 Å². The van der Waals surface area contributed by atoms with Gasteiger partial charge in [0, 0.05) is 0 Å². The lowest BCUT2D eigenvalue weighted by molar-refractivity contribution is -0.122. The van der Waals surface area contributed by atoms with Gasteiger partial charge in [-0.05, 0) is 25.8 Å². The van der Waals surface area contributed by atoms with Crippen molar-refractivity contribution in [2.75, 3.05) is 13.7 Å². The van der Waals surface area contributed by atoms with Gasteiger partial charge in [0.1, 0.15) is 6.04 Å². The third kappa shape index (κ3) is 3.76. The molecule has 1 saturated carbocycles. The predicted octanol–water partition coefficient (Wildman–Crippen LogP) is 1.05. The first kappa shape index (κ1) is 13.5. The van der Waals surface area contributed by atoms with Crippen LogP contribution < -0.4 is 11.1 Å². The van der Waals surface area contributed by atoms with E-state index in [-0.39, 0.29) is 11.9 Å². The summed E-state index contributed by atoms with van der Waals surface area (Å²) in [7, 11) is 1.73. The molecule has 0 aromatic heterocycles. The molecule has 4 heteroatoms. The molecule has 0 saturated heterocycles. The number of likely N-dealkylation sites (N-methyl/N-ethyl adjacent to an activating group) is 1. The standard InChI is InChI=1S/C12H24N2O2/c1-3-9-6-4-5-7-11(9)16-8-10(14-2)12(13)15/h9-11,14H,3-8H2,1-2H3,(H2,13,15). The minimum Gasteiger partial charge on any atom is -0.376 e. The summed E-state index contributed by atoms with van der Waals surface area (Å²) < 4.78 is 5.84. The number of carbonyl (C=O) groups is 1. The fourth-order valence-electron chi connectivity index (χ4n) is 2.39. The fourth-order valence-corrected chi connectivity index (χ4v) is 2.39. The molecular formula is C12H24N2O2. The maximum atomic E-state index is 11.0. The van der Waals surface area contributed by atoms with Crippen molar-refractivity contribution in [1.82, 2.24) is 5.32 Å². The van der Waals surface area contributed by atoms with Gasteiger partial charge < -0.3 is 15.8 Å². The van der Waals surface area contributed by atoms with E-state index in [1.807, 2.05) is 0 Å². The second kappa shape index (κ2) is 6.86. The largest absolute Gasteiger partial charge is 0.376 e. The average molecular weight is 228 g/mol. The molecule has 0 aromatic rings. The minimum absolute atomic E-state index is 0.314. The van der Waals surface area contributed by atoms with Crippen LogP contribution in [0.1, 0.15) is 39.0 Å². The van der Waals surface area contributed by atoms with Crippen molar-refractivity contribution in [2.24, 2.45) is 11.7 Å². The van der Waals surface area contributed by atoms with Crippen molar-refractivity contribution in [3.05, 3.63) is 0 Å². The van der Waals surface area contributed by atoms with E-state index >= 15 is 0 Å². The molecule has 0 radical (unpaired) electrons. The van der Waals surface area contributed by atoms with Gasteiger partial charge in [0.15, 0.2) is 0 Å². The quantitative estimate of drug-likeness (QED) is 0.714. The Hall–Kier alpha value is -0.610. The van der Waals surface area contributed by atoms with Gasteiger partial charge in [0.2, 0.25) is 5.91 Å². The molecule has 0 aliphatic heterocycles. The number of rotatable bonds is 6. The van der Waals surface area contributed by atoms with Crippen molar-refractivity contribution < 1.29 is 9.53 Å². The van der Waals surface area contributed by atoms with E-state index in [0.29, 0.717) is 18.6 Å². The molecule has 1 amide bonds. The van der Waals surface area contributed by atoms with Crippen LogP contribution in [-0.2, 0) is 9.53 Å². The highest BCUT2D eigenvalue weighted by atomic mass is 16.5. The zero-order chi connectivity index (χ0) is 12.0. The number of primary amides is 1. The first-order valence-electron chi connectivity index (χ1n) is 6.27. The summed E-state index contributed by atoms with van der Waals surface area (Å²) in [6.07, 6.45) is 6.39. The van der Waals surface area contributed by atoms with Crippen LogP contribution in [0.5, 0.6) is 0 Å². The number of nitrogens with two attached hydrogens (primary N) is 1. The molecule has 16 heavy (non-hydrogen) atoms.